The van der Waals surface area contributed by atoms with Crippen molar-refractivity contribution in [3.63, 3.8) is 0 Å². The number of amides is 1. The number of H-pyrrole nitrogens is 1. The fraction of sp³-hybridized carbons (Fsp3) is 0.211. The van der Waals surface area contributed by atoms with Gasteiger partial charge in [-0.05, 0) is 37.3 Å². The van der Waals surface area contributed by atoms with Gasteiger partial charge in [0.1, 0.15) is 0 Å². The number of carbonyl (C=O) groups is 1. The van der Waals surface area contributed by atoms with Gasteiger partial charge >= 0.3 is 12.4 Å². The van der Waals surface area contributed by atoms with E-state index >= 15 is 0 Å². The van der Waals surface area contributed by atoms with E-state index in [9.17, 15) is 35.9 Å². The van der Waals surface area contributed by atoms with Crippen molar-refractivity contribution in [1.82, 2.24) is 9.97 Å². The summed E-state index contributed by atoms with van der Waals surface area (Å²) in [6.07, 6.45) is -10.1. The number of alkyl halides is 6. The van der Waals surface area contributed by atoms with Crippen LogP contribution in [0.2, 0.25) is 0 Å². The largest absolute Gasteiger partial charge is 0.416 e. The molecule has 1 atom stereocenters. The third kappa shape index (κ3) is 5.37. The second-order valence-corrected chi connectivity index (χ2v) is 7.76. The van der Waals surface area contributed by atoms with Crippen molar-refractivity contribution < 1.29 is 31.1 Å². The molecule has 0 spiro atoms. The molecule has 31 heavy (non-hydrogen) atoms. The zero-order chi connectivity index (χ0) is 23.0. The lowest BCUT2D eigenvalue weighted by molar-refractivity contribution is -0.143. The molecule has 3 aromatic rings. The Morgan fingerprint density at radius 3 is 2.19 bits per heavy atom. The molecule has 0 saturated carbocycles. The van der Waals surface area contributed by atoms with Gasteiger partial charge in [-0.15, -0.1) is 0 Å². The Bertz CT molecular complexity index is 1160. The van der Waals surface area contributed by atoms with Gasteiger partial charge in [0.05, 0.1) is 27.3 Å². The van der Waals surface area contributed by atoms with Crippen molar-refractivity contribution in [3.05, 3.63) is 63.9 Å². The van der Waals surface area contributed by atoms with Crippen LogP contribution in [-0.2, 0) is 17.1 Å². The molecule has 2 N–H and O–H groups in total. The number of carbonyl (C=O) groups excluding carboxylic acids is 1. The van der Waals surface area contributed by atoms with Crippen LogP contribution in [-0.4, -0.2) is 21.1 Å². The molecule has 164 valence electrons. The standard InChI is InChI=1S/C19H13F6N3O2S/c1-9(31-17-27-14-5-3-2-4-13(14)16(30)28-17)15(29)26-12-7-10(18(20,21)22)6-11(8-12)19(23,24)25/h2-9H,1H3,(H,26,29)(H,27,28,30). The van der Waals surface area contributed by atoms with Crippen LogP contribution in [0.5, 0.6) is 0 Å². The van der Waals surface area contributed by atoms with E-state index in [1.54, 1.807) is 24.3 Å². The molecule has 3 rings (SSSR count). The van der Waals surface area contributed by atoms with Gasteiger partial charge in [0, 0.05) is 5.69 Å². The molecular weight excluding hydrogens is 448 g/mol. The number of nitrogens with zero attached hydrogens (tertiary/aromatic N) is 1. The van der Waals surface area contributed by atoms with E-state index in [2.05, 4.69) is 15.3 Å². The van der Waals surface area contributed by atoms with Crippen LogP contribution >= 0.6 is 11.8 Å². The first-order chi connectivity index (χ1) is 14.3. The van der Waals surface area contributed by atoms with Gasteiger partial charge in [-0.1, -0.05) is 23.9 Å². The summed E-state index contributed by atoms with van der Waals surface area (Å²) < 4.78 is 77.8. The quantitative estimate of drug-likeness (QED) is 0.323. The lowest BCUT2D eigenvalue weighted by Gasteiger charge is -2.16. The highest BCUT2D eigenvalue weighted by Gasteiger charge is 2.37. The zero-order valence-corrected chi connectivity index (χ0v) is 16.4. The number of nitrogens with one attached hydrogen (secondary N) is 2. The van der Waals surface area contributed by atoms with Crippen LogP contribution in [0.3, 0.4) is 0 Å². The van der Waals surface area contributed by atoms with Crippen molar-refractivity contribution in [1.29, 1.82) is 0 Å². The van der Waals surface area contributed by atoms with Gasteiger partial charge in [0.25, 0.3) is 5.56 Å². The van der Waals surface area contributed by atoms with Gasteiger partial charge in [0.15, 0.2) is 5.16 Å². The van der Waals surface area contributed by atoms with E-state index < -0.39 is 45.9 Å². The van der Waals surface area contributed by atoms with Gasteiger partial charge in [-0.3, -0.25) is 9.59 Å². The maximum absolute atomic E-state index is 13.0. The second kappa shape index (κ2) is 8.25. The van der Waals surface area contributed by atoms with Crippen molar-refractivity contribution in [2.75, 3.05) is 5.32 Å². The molecule has 5 nitrogen and oxygen atoms in total. The Hall–Kier alpha value is -3.02. The van der Waals surface area contributed by atoms with Crippen molar-refractivity contribution >= 4 is 34.3 Å². The van der Waals surface area contributed by atoms with Crippen molar-refractivity contribution in [3.8, 4) is 0 Å². The molecule has 0 aliphatic rings. The van der Waals surface area contributed by atoms with Crippen LogP contribution in [0.15, 0.2) is 52.4 Å². The predicted octanol–water partition coefficient (Wildman–Crippen LogP) is 5.08. The van der Waals surface area contributed by atoms with Gasteiger partial charge in [-0.25, -0.2) is 4.98 Å². The summed E-state index contributed by atoms with van der Waals surface area (Å²) in [5, 5.41) is 1.47. The molecule has 1 aromatic heterocycles. The van der Waals surface area contributed by atoms with Crippen LogP contribution in [0.4, 0.5) is 32.0 Å². The van der Waals surface area contributed by atoms with Crippen LogP contribution < -0.4 is 10.9 Å². The van der Waals surface area contributed by atoms with Crippen molar-refractivity contribution in [2.45, 2.75) is 29.7 Å². The molecule has 2 aromatic carbocycles. The number of halogens is 6. The fourth-order valence-corrected chi connectivity index (χ4v) is 3.42. The number of thioether (sulfide) groups is 1. The maximum atomic E-state index is 13.0. The van der Waals surface area contributed by atoms with E-state index in [1.165, 1.54) is 6.92 Å². The lowest BCUT2D eigenvalue weighted by Crippen LogP contribution is -2.24. The van der Waals surface area contributed by atoms with Gasteiger partial charge in [0.2, 0.25) is 5.91 Å². The highest BCUT2D eigenvalue weighted by atomic mass is 32.2. The summed E-state index contributed by atoms with van der Waals surface area (Å²) in [7, 11) is 0. The van der Waals surface area contributed by atoms with Crippen molar-refractivity contribution in [2.24, 2.45) is 0 Å². The minimum atomic E-state index is -5.03. The van der Waals surface area contributed by atoms with Gasteiger partial charge < -0.3 is 10.3 Å². The molecular formula is C19H13F6N3O2S. The number of anilines is 1. The summed E-state index contributed by atoms with van der Waals surface area (Å²) in [6.45, 7) is 1.37. The Morgan fingerprint density at radius 1 is 1.03 bits per heavy atom. The van der Waals surface area contributed by atoms with E-state index in [0.717, 1.165) is 11.8 Å². The maximum Gasteiger partial charge on any atom is 0.416 e. The highest BCUT2D eigenvalue weighted by Crippen LogP contribution is 2.37. The molecule has 0 bridgehead atoms. The Kier molecular flexibility index (Phi) is 6.03. The summed E-state index contributed by atoms with van der Waals surface area (Å²) in [6, 6.07) is 7.24. The molecule has 1 unspecified atom stereocenters. The highest BCUT2D eigenvalue weighted by molar-refractivity contribution is 8.00. The third-order valence-electron chi connectivity index (χ3n) is 4.10. The van der Waals surface area contributed by atoms with E-state index in [1.807, 2.05) is 0 Å². The van der Waals surface area contributed by atoms with E-state index in [-0.39, 0.29) is 11.2 Å². The Morgan fingerprint density at radius 2 is 1.61 bits per heavy atom. The molecule has 1 amide bonds. The van der Waals surface area contributed by atoms with Crippen LogP contribution in [0, 0.1) is 0 Å². The first kappa shape index (κ1) is 22.7. The molecule has 0 aliphatic heterocycles. The number of fused-ring (bicyclic) bond motifs is 1. The number of benzene rings is 2. The normalized spacial score (nSPS) is 13.3. The number of aromatic nitrogens is 2. The van der Waals surface area contributed by atoms with Crippen LogP contribution in [0.1, 0.15) is 18.1 Å². The Balaban J connectivity index is 1.83. The van der Waals surface area contributed by atoms with E-state index in [0.29, 0.717) is 23.0 Å². The predicted molar refractivity (Wildman–Crippen MR) is 103 cm³/mol. The monoisotopic (exact) mass is 461 g/mol. The molecule has 12 heteroatoms. The molecule has 0 saturated heterocycles. The number of para-hydroxylation sites is 1. The molecule has 1 heterocycles. The third-order valence-corrected chi connectivity index (χ3v) is 5.09. The average molecular weight is 461 g/mol. The van der Waals surface area contributed by atoms with Crippen LogP contribution in [0.25, 0.3) is 10.9 Å². The zero-order valence-electron chi connectivity index (χ0n) is 15.6. The minimum Gasteiger partial charge on any atom is -0.325 e. The number of rotatable bonds is 4. The topological polar surface area (TPSA) is 74.8 Å². The summed E-state index contributed by atoms with van der Waals surface area (Å²) >= 11 is 0.796. The summed E-state index contributed by atoms with van der Waals surface area (Å²) in [4.78, 5) is 31.1. The first-order valence-corrected chi connectivity index (χ1v) is 9.48. The number of hydrogen-bond donors (Lipinski definition) is 2. The van der Waals surface area contributed by atoms with E-state index in [4.69, 9.17) is 0 Å². The SMILES string of the molecule is CC(Sc1nc2ccccc2c(=O)[nH]1)C(=O)Nc1cc(C(F)(F)F)cc(C(F)(F)F)c1. The summed E-state index contributed by atoms with van der Waals surface area (Å²) in [5.74, 6) is -0.867. The molecule has 0 aliphatic carbocycles. The second-order valence-electron chi connectivity index (χ2n) is 6.43. The van der Waals surface area contributed by atoms with Gasteiger partial charge in [-0.2, -0.15) is 26.3 Å². The summed E-state index contributed by atoms with van der Waals surface area (Å²) in [5.41, 5.74) is -3.82. The number of aromatic amines is 1. The molecule has 0 radical (unpaired) electrons. The smallest absolute Gasteiger partial charge is 0.325 e. The first-order valence-electron chi connectivity index (χ1n) is 8.60. The fourth-order valence-electron chi connectivity index (χ4n) is 2.61. The minimum absolute atomic E-state index is 0.0302. The lowest BCUT2D eigenvalue weighted by atomic mass is 10.1. The average Bonchev–Trinajstić information content (AvgIpc) is 2.66. The molecule has 0 fully saturated rings. The Labute approximate surface area is 174 Å². The number of hydrogen-bond acceptors (Lipinski definition) is 4.